The number of hydrogen-bond donors (Lipinski definition) is 1. The molecule has 0 aliphatic carbocycles. The second kappa shape index (κ2) is 12.8. The lowest BCUT2D eigenvalue weighted by Gasteiger charge is -2.35. The van der Waals surface area contributed by atoms with Crippen LogP contribution in [-0.2, 0) is 32.6 Å². The summed E-state index contributed by atoms with van der Waals surface area (Å²) < 4.78 is 32.2. The normalized spacial score (nSPS) is 12.3. The van der Waals surface area contributed by atoms with Gasteiger partial charge in [0.2, 0.25) is 21.8 Å². The summed E-state index contributed by atoms with van der Waals surface area (Å²) >= 11 is 0. The van der Waals surface area contributed by atoms with Crippen LogP contribution in [0.25, 0.3) is 0 Å². The number of para-hydroxylation sites is 2. The fraction of sp³-hybridized carbons (Fsp3) is 0.333. The van der Waals surface area contributed by atoms with Crippen molar-refractivity contribution in [3.05, 3.63) is 96.1 Å². The van der Waals surface area contributed by atoms with Crippen molar-refractivity contribution in [3.8, 4) is 5.75 Å². The number of nitrogens with one attached hydrogen (secondary N) is 1. The van der Waals surface area contributed by atoms with Gasteiger partial charge in [0, 0.05) is 18.5 Å². The molecule has 0 aromatic heterocycles. The first-order valence-electron chi connectivity index (χ1n) is 12.7. The molecule has 1 unspecified atom stereocenters. The topological polar surface area (TPSA) is 96.0 Å². The number of sulfonamides is 1. The van der Waals surface area contributed by atoms with Gasteiger partial charge in [-0.2, -0.15) is 0 Å². The minimum atomic E-state index is -3.88. The zero-order chi connectivity index (χ0) is 28.6. The highest BCUT2D eigenvalue weighted by Crippen LogP contribution is 2.30. The van der Waals surface area contributed by atoms with Gasteiger partial charge in [0.15, 0.2) is 0 Å². The first-order chi connectivity index (χ1) is 18.4. The molecular weight excluding hydrogens is 514 g/mol. The molecule has 0 radical (unpaired) electrons. The zero-order valence-electron chi connectivity index (χ0n) is 23.1. The van der Waals surface area contributed by atoms with Crippen molar-refractivity contribution in [1.29, 1.82) is 0 Å². The van der Waals surface area contributed by atoms with Crippen LogP contribution in [0.2, 0.25) is 0 Å². The highest BCUT2D eigenvalue weighted by Gasteiger charge is 2.34. The maximum atomic E-state index is 14.1. The van der Waals surface area contributed by atoms with Crippen LogP contribution in [0, 0.1) is 0 Å². The van der Waals surface area contributed by atoms with Gasteiger partial charge in [-0.3, -0.25) is 13.9 Å². The van der Waals surface area contributed by atoms with Crippen LogP contribution in [0.1, 0.15) is 31.9 Å². The molecule has 3 aromatic carbocycles. The molecule has 0 saturated carbocycles. The summed E-state index contributed by atoms with van der Waals surface area (Å²) in [4.78, 5) is 29.2. The Labute approximate surface area is 231 Å². The average molecular weight is 552 g/mol. The van der Waals surface area contributed by atoms with Crippen molar-refractivity contribution in [2.45, 2.75) is 45.3 Å². The van der Waals surface area contributed by atoms with Crippen LogP contribution in [0.15, 0.2) is 84.9 Å². The minimum absolute atomic E-state index is 0.123. The van der Waals surface area contributed by atoms with Gasteiger partial charge in [-0.05, 0) is 44.0 Å². The Morgan fingerprint density at radius 1 is 0.872 bits per heavy atom. The molecule has 3 rings (SSSR count). The summed E-state index contributed by atoms with van der Waals surface area (Å²) in [6.45, 7) is 5.25. The maximum Gasteiger partial charge on any atom is 0.244 e. The third-order valence-corrected chi connectivity index (χ3v) is 7.12. The van der Waals surface area contributed by atoms with E-state index >= 15 is 0 Å². The number of hydrogen-bond acceptors (Lipinski definition) is 5. The smallest absolute Gasteiger partial charge is 0.244 e. The molecule has 0 aliphatic rings. The Hall–Kier alpha value is -3.85. The molecule has 0 heterocycles. The van der Waals surface area contributed by atoms with Gasteiger partial charge in [0.05, 0.1) is 19.1 Å². The van der Waals surface area contributed by atoms with Crippen molar-refractivity contribution >= 4 is 27.5 Å². The molecule has 0 saturated heterocycles. The van der Waals surface area contributed by atoms with E-state index in [9.17, 15) is 18.0 Å². The monoisotopic (exact) mass is 551 g/mol. The van der Waals surface area contributed by atoms with Crippen LogP contribution in [0.4, 0.5) is 5.69 Å². The highest BCUT2D eigenvalue weighted by atomic mass is 32.2. The van der Waals surface area contributed by atoms with Crippen molar-refractivity contribution in [2.24, 2.45) is 0 Å². The van der Waals surface area contributed by atoms with Crippen LogP contribution >= 0.6 is 0 Å². The third kappa shape index (κ3) is 8.58. The predicted octanol–water partition coefficient (Wildman–Crippen LogP) is 4.02. The Morgan fingerprint density at radius 3 is 1.95 bits per heavy atom. The number of amides is 2. The van der Waals surface area contributed by atoms with E-state index in [1.807, 2.05) is 81.4 Å². The molecule has 1 N–H and O–H groups in total. The Balaban J connectivity index is 2.07. The fourth-order valence-electron chi connectivity index (χ4n) is 4.22. The van der Waals surface area contributed by atoms with E-state index in [1.54, 1.807) is 24.3 Å². The maximum absolute atomic E-state index is 14.1. The lowest BCUT2D eigenvalue weighted by Crippen LogP contribution is -2.56. The fourth-order valence-corrected chi connectivity index (χ4v) is 5.07. The largest absolute Gasteiger partial charge is 0.495 e. The SMILES string of the molecule is COc1ccccc1N(CC(=O)N(Cc1ccccc1)C(Cc1ccccc1)C(=O)NC(C)(C)C)S(C)(=O)=O. The van der Waals surface area contributed by atoms with E-state index < -0.39 is 34.1 Å². The second-order valence-electron chi connectivity index (χ2n) is 10.4. The summed E-state index contributed by atoms with van der Waals surface area (Å²) in [6.07, 6.45) is 1.30. The van der Waals surface area contributed by atoms with Gasteiger partial charge in [0.1, 0.15) is 18.3 Å². The molecule has 0 spiro atoms. The number of carbonyl (C=O) groups is 2. The van der Waals surface area contributed by atoms with Crippen LogP contribution in [0.3, 0.4) is 0 Å². The van der Waals surface area contributed by atoms with E-state index in [0.717, 1.165) is 21.7 Å². The van der Waals surface area contributed by atoms with Gasteiger partial charge in [-0.1, -0.05) is 72.8 Å². The molecular formula is C30H37N3O5S. The van der Waals surface area contributed by atoms with E-state index in [2.05, 4.69) is 5.32 Å². The average Bonchev–Trinajstić information content (AvgIpc) is 2.88. The van der Waals surface area contributed by atoms with Gasteiger partial charge >= 0.3 is 0 Å². The summed E-state index contributed by atoms with van der Waals surface area (Å²) in [5.74, 6) is -0.518. The molecule has 208 valence electrons. The summed E-state index contributed by atoms with van der Waals surface area (Å²) in [6, 6.07) is 24.5. The molecule has 9 heteroatoms. The number of carbonyl (C=O) groups excluding carboxylic acids is 2. The molecule has 0 aliphatic heterocycles. The lowest BCUT2D eigenvalue weighted by atomic mass is 10.0. The number of anilines is 1. The number of ether oxygens (including phenoxy) is 1. The summed E-state index contributed by atoms with van der Waals surface area (Å²) in [5, 5.41) is 3.01. The molecule has 8 nitrogen and oxygen atoms in total. The molecule has 2 amide bonds. The molecule has 1 atom stereocenters. The quantitative estimate of drug-likeness (QED) is 0.389. The van der Waals surface area contributed by atoms with Crippen molar-refractivity contribution in [3.63, 3.8) is 0 Å². The van der Waals surface area contributed by atoms with Crippen molar-refractivity contribution < 1.29 is 22.7 Å². The minimum Gasteiger partial charge on any atom is -0.495 e. The van der Waals surface area contributed by atoms with Gasteiger partial charge in [-0.25, -0.2) is 8.42 Å². The number of rotatable bonds is 11. The van der Waals surface area contributed by atoms with Crippen LogP contribution in [-0.4, -0.2) is 56.6 Å². The van der Waals surface area contributed by atoms with Crippen LogP contribution < -0.4 is 14.4 Å². The molecule has 0 bridgehead atoms. The Kier molecular flexibility index (Phi) is 9.75. The van der Waals surface area contributed by atoms with E-state index in [4.69, 9.17) is 4.74 Å². The highest BCUT2D eigenvalue weighted by molar-refractivity contribution is 7.92. The summed E-state index contributed by atoms with van der Waals surface area (Å²) in [7, 11) is -2.44. The van der Waals surface area contributed by atoms with Crippen molar-refractivity contribution in [1.82, 2.24) is 10.2 Å². The van der Waals surface area contributed by atoms with Gasteiger partial charge in [-0.15, -0.1) is 0 Å². The van der Waals surface area contributed by atoms with E-state index in [-0.39, 0.29) is 24.6 Å². The van der Waals surface area contributed by atoms with E-state index in [1.165, 1.54) is 12.0 Å². The first-order valence-corrected chi connectivity index (χ1v) is 14.5. The number of benzene rings is 3. The Morgan fingerprint density at radius 2 is 1.41 bits per heavy atom. The standard InChI is InChI=1S/C30H37N3O5S/c1-30(2,3)31-29(35)26(20-23-14-8-6-9-15-23)32(21-24-16-10-7-11-17-24)28(34)22-33(39(5,36)37)25-18-12-13-19-27(25)38-4/h6-19,26H,20-22H2,1-5H3,(H,31,35). The number of methoxy groups -OCH3 is 1. The zero-order valence-corrected chi connectivity index (χ0v) is 23.9. The van der Waals surface area contributed by atoms with Crippen molar-refractivity contribution in [2.75, 3.05) is 24.2 Å². The molecule has 39 heavy (non-hydrogen) atoms. The van der Waals surface area contributed by atoms with Gasteiger partial charge < -0.3 is 15.0 Å². The second-order valence-corrected chi connectivity index (χ2v) is 12.3. The molecule has 0 fully saturated rings. The van der Waals surface area contributed by atoms with Gasteiger partial charge in [0.25, 0.3) is 0 Å². The molecule has 3 aromatic rings. The third-order valence-electron chi connectivity index (χ3n) is 6.00. The lowest BCUT2D eigenvalue weighted by molar-refractivity contribution is -0.140. The first kappa shape index (κ1) is 29.7. The summed E-state index contributed by atoms with van der Waals surface area (Å²) in [5.41, 5.74) is 1.40. The predicted molar refractivity (Wildman–Crippen MR) is 154 cm³/mol. The number of nitrogens with zero attached hydrogens (tertiary/aromatic N) is 2. The van der Waals surface area contributed by atoms with E-state index in [0.29, 0.717) is 5.75 Å². The Bertz CT molecular complexity index is 1360. The van der Waals surface area contributed by atoms with Crippen LogP contribution in [0.5, 0.6) is 5.75 Å².